The molecule has 1 heterocycles. The molecule has 0 saturated carbocycles. The molecule has 0 fully saturated rings. The maximum Gasteiger partial charge on any atom is 0.0805 e. The summed E-state index contributed by atoms with van der Waals surface area (Å²) in [6, 6.07) is 9.96. The molecule has 0 bridgehead atoms. The van der Waals surface area contributed by atoms with Crippen molar-refractivity contribution in [2.45, 2.75) is 13.0 Å². The van der Waals surface area contributed by atoms with Gasteiger partial charge >= 0.3 is 0 Å². The summed E-state index contributed by atoms with van der Waals surface area (Å²) < 4.78 is 0. The van der Waals surface area contributed by atoms with E-state index in [2.05, 4.69) is 18.4 Å². The first-order valence-electron chi connectivity index (χ1n) is 4.98. The Labute approximate surface area is 104 Å². The van der Waals surface area contributed by atoms with Crippen LogP contribution in [-0.2, 0) is 0 Å². The Bertz CT molecular complexity index is 468. The molecule has 1 aromatic carbocycles. The third-order valence-corrected chi connectivity index (χ3v) is 3.72. The highest BCUT2D eigenvalue weighted by Gasteiger charge is 2.15. The second-order valence-electron chi connectivity index (χ2n) is 3.62. The molecule has 3 N–H and O–H groups in total. The number of nitrogens with one attached hydrogen (secondary N) is 1. The van der Waals surface area contributed by atoms with Gasteiger partial charge in [-0.15, -0.1) is 11.3 Å². The third kappa shape index (κ3) is 2.28. The number of hydrogen-bond donors (Lipinski definition) is 2. The minimum atomic E-state index is 0.0127. The molecule has 2 rings (SSSR count). The fourth-order valence-electron chi connectivity index (χ4n) is 1.70. The van der Waals surface area contributed by atoms with Crippen molar-refractivity contribution in [1.29, 1.82) is 0 Å². The lowest BCUT2D eigenvalue weighted by molar-refractivity contribution is 0.643. The van der Waals surface area contributed by atoms with Crippen molar-refractivity contribution in [2.75, 3.05) is 0 Å². The van der Waals surface area contributed by atoms with Crippen LogP contribution in [-0.4, -0.2) is 0 Å². The number of nitrogens with two attached hydrogens (primary N) is 1. The largest absolute Gasteiger partial charge is 0.271 e. The third-order valence-electron chi connectivity index (χ3n) is 2.55. The average Bonchev–Trinajstić information content (AvgIpc) is 2.78. The van der Waals surface area contributed by atoms with E-state index in [1.807, 2.05) is 29.6 Å². The Morgan fingerprint density at radius 3 is 2.81 bits per heavy atom. The number of thiophene rings is 1. The van der Waals surface area contributed by atoms with E-state index in [-0.39, 0.29) is 6.04 Å². The van der Waals surface area contributed by atoms with Crippen LogP contribution in [0.2, 0.25) is 5.02 Å². The summed E-state index contributed by atoms with van der Waals surface area (Å²) in [6.07, 6.45) is 0. The number of benzene rings is 1. The van der Waals surface area contributed by atoms with E-state index in [1.165, 1.54) is 10.4 Å². The molecule has 1 unspecified atom stereocenters. The van der Waals surface area contributed by atoms with Gasteiger partial charge < -0.3 is 0 Å². The molecule has 0 aliphatic heterocycles. The van der Waals surface area contributed by atoms with Gasteiger partial charge in [-0.2, -0.15) is 0 Å². The molecule has 0 radical (unpaired) electrons. The van der Waals surface area contributed by atoms with Gasteiger partial charge in [-0.3, -0.25) is 5.84 Å². The molecule has 0 aliphatic rings. The van der Waals surface area contributed by atoms with Gasteiger partial charge in [-0.1, -0.05) is 23.7 Å². The molecule has 1 atom stereocenters. The van der Waals surface area contributed by atoms with Crippen molar-refractivity contribution in [3.05, 3.63) is 56.7 Å². The van der Waals surface area contributed by atoms with Crippen LogP contribution in [0.5, 0.6) is 0 Å². The quantitative estimate of drug-likeness (QED) is 0.650. The average molecular weight is 253 g/mol. The normalized spacial score (nSPS) is 12.7. The summed E-state index contributed by atoms with van der Waals surface area (Å²) in [5, 5.41) is 2.77. The fraction of sp³-hybridized carbons (Fsp3) is 0.167. The van der Waals surface area contributed by atoms with Crippen LogP contribution in [0.25, 0.3) is 0 Å². The van der Waals surface area contributed by atoms with Gasteiger partial charge in [0.25, 0.3) is 0 Å². The van der Waals surface area contributed by atoms with Gasteiger partial charge in [0.15, 0.2) is 0 Å². The summed E-state index contributed by atoms with van der Waals surface area (Å²) in [6.45, 7) is 2.06. The summed E-state index contributed by atoms with van der Waals surface area (Å²) >= 11 is 7.69. The van der Waals surface area contributed by atoms with Crippen LogP contribution < -0.4 is 11.3 Å². The molecule has 0 saturated heterocycles. The van der Waals surface area contributed by atoms with Crippen molar-refractivity contribution < 1.29 is 0 Å². The highest BCUT2D eigenvalue weighted by Crippen LogP contribution is 2.29. The summed E-state index contributed by atoms with van der Waals surface area (Å²) in [7, 11) is 0. The van der Waals surface area contributed by atoms with Crippen molar-refractivity contribution in [3.8, 4) is 0 Å². The predicted octanol–water partition coefficient (Wildman–Crippen LogP) is 3.26. The van der Waals surface area contributed by atoms with Crippen LogP contribution in [0.3, 0.4) is 0 Å². The van der Waals surface area contributed by atoms with Crippen LogP contribution in [0.4, 0.5) is 0 Å². The van der Waals surface area contributed by atoms with E-state index in [1.54, 1.807) is 11.3 Å². The number of halogens is 1. The van der Waals surface area contributed by atoms with Gasteiger partial charge in [-0.25, -0.2) is 5.43 Å². The Morgan fingerprint density at radius 1 is 1.38 bits per heavy atom. The second kappa shape index (κ2) is 4.97. The smallest absolute Gasteiger partial charge is 0.0805 e. The van der Waals surface area contributed by atoms with Crippen molar-refractivity contribution in [2.24, 2.45) is 5.84 Å². The molecule has 0 spiro atoms. The minimum absolute atomic E-state index is 0.0127. The molecule has 84 valence electrons. The first kappa shape index (κ1) is 11.6. The van der Waals surface area contributed by atoms with Gasteiger partial charge in [-0.05, 0) is 41.6 Å². The summed E-state index contributed by atoms with van der Waals surface area (Å²) in [5.74, 6) is 5.63. The van der Waals surface area contributed by atoms with E-state index < -0.39 is 0 Å². The maximum absolute atomic E-state index is 6.01. The lowest BCUT2D eigenvalue weighted by Gasteiger charge is -2.17. The van der Waals surface area contributed by atoms with Crippen LogP contribution in [0.15, 0.2) is 35.7 Å². The summed E-state index contributed by atoms with van der Waals surface area (Å²) in [4.78, 5) is 1.19. The maximum atomic E-state index is 6.01. The van der Waals surface area contributed by atoms with Gasteiger partial charge in [0.1, 0.15) is 0 Å². The van der Waals surface area contributed by atoms with E-state index in [0.717, 1.165) is 10.6 Å². The van der Waals surface area contributed by atoms with Crippen LogP contribution in [0.1, 0.15) is 22.0 Å². The number of hydrogen-bond acceptors (Lipinski definition) is 3. The Morgan fingerprint density at radius 2 is 2.19 bits per heavy atom. The Hall–Kier alpha value is -0.870. The highest BCUT2D eigenvalue weighted by molar-refractivity contribution is 7.10. The topological polar surface area (TPSA) is 38.0 Å². The zero-order valence-corrected chi connectivity index (χ0v) is 10.5. The van der Waals surface area contributed by atoms with Gasteiger partial charge in [0.2, 0.25) is 0 Å². The lowest BCUT2D eigenvalue weighted by atomic mass is 10.0. The Kier molecular flexibility index (Phi) is 3.61. The molecule has 2 aromatic rings. The van der Waals surface area contributed by atoms with E-state index in [0.29, 0.717) is 0 Å². The predicted molar refractivity (Wildman–Crippen MR) is 69.7 cm³/mol. The number of aryl methyl sites for hydroxylation is 1. The Balaban J connectivity index is 2.44. The van der Waals surface area contributed by atoms with E-state index >= 15 is 0 Å². The molecule has 1 aromatic heterocycles. The van der Waals surface area contributed by atoms with Crippen LogP contribution >= 0.6 is 22.9 Å². The molecule has 2 nitrogen and oxygen atoms in total. The zero-order chi connectivity index (χ0) is 11.5. The van der Waals surface area contributed by atoms with E-state index in [9.17, 15) is 0 Å². The van der Waals surface area contributed by atoms with Crippen molar-refractivity contribution in [1.82, 2.24) is 5.43 Å². The zero-order valence-electron chi connectivity index (χ0n) is 8.91. The molecular weight excluding hydrogens is 240 g/mol. The minimum Gasteiger partial charge on any atom is -0.271 e. The molecule has 4 heteroatoms. The SMILES string of the molecule is Cc1ccc(Cl)cc1C(NN)c1cccs1. The van der Waals surface area contributed by atoms with E-state index in [4.69, 9.17) is 17.4 Å². The second-order valence-corrected chi connectivity index (χ2v) is 5.03. The van der Waals surface area contributed by atoms with Crippen molar-refractivity contribution in [3.63, 3.8) is 0 Å². The first-order valence-corrected chi connectivity index (χ1v) is 6.23. The van der Waals surface area contributed by atoms with Crippen LogP contribution in [0, 0.1) is 6.92 Å². The summed E-state index contributed by atoms with van der Waals surface area (Å²) in [5.41, 5.74) is 5.14. The molecule has 0 aliphatic carbocycles. The standard InChI is InChI=1S/C12H13ClN2S/c1-8-4-5-9(13)7-10(8)12(15-14)11-3-2-6-16-11/h2-7,12,15H,14H2,1H3. The first-order chi connectivity index (χ1) is 7.72. The molecular formula is C12H13ClN2S. The van der Waals surface area contributed by atoms with Gasteiger partial charge in [0.05, 0.1) is 6.04 Å². The van der Waals surface area contributed by atoms with Crippen molar-refractivity contribution >= 4 is 22.9 Å². The molecule has 16 heavy (non-hydrogen) atoms. The fourth-order valence-corrected chi connectivity index (χ4v) is 2.69. The van der Waals surface area contributed by atoms with Gasteiger partial charge in [0, 0.05) is 9.90 Å². The highest BCUT2D eigenvalue weighted by atomic mass is 35.5. The molecule has 0 amide bonds. The number of rotatable bonds is 3. The number of hydrazine groups is 1. The monoisotopic (exact) mass is 252 g/mol. The lowest BCUT2D eigenvalue weighted by Crippen LogP contribution is -2.28.